The second-order valence-corrected chi connectivity index (χ2v) is 32.3. The number of fused-ring (bicyclic) bond motifs is 13. The molecule has 0 radical (unpaired) electrons. The molecule has 0 amide bonds. The monoisotopic (exact) mass is 1580 g/mol. The highest BCUT2D eigenvalue weighted by atomic mass is 16.3. The summed E-state index contributed by atoms with van der Waals surface area (Å²) in [6.07, 6.45) is 0. The van der Waals surface area contributed by atoms with Crippen molar-refractivity contribution < 1.29 is 8.83 Å². The molecule has 6 nitrogen and oxygen atoms in total. The number of aromatic nitrogens is 2. The van der Waals surface area contributed by atoms with Gasteiger partial charge in [-0.1, -0.05) is 291 Å². The molecule has 0 N–H and O–H groups in total. The van der Waals surface area contributed by atoms with E-state index < -0.39 is 0 Å². The molecule has 20 aromatic carbocycles. The first-order valence-electron chi connectivity index (χ1n) is 42.4. The Morgan fingerprint density at radius 1 is 0.145 bits per heavy atom. The summed E-state index contributed by atoms with van der Waals surface area (Å²) in [4.78, 5) is 4.71. The van der Waals surface area contributed by atoms with Crippen LogP contribution in [0.25, 0.3) is 199 Å². The number of para-hydroxylation sites is 5. The third kappa shape index (κ3) is 12.7. The van der Waals surface area contributed by atoms with Gasteiger partial charge in [0.25, 0.3) is 0 Å². The summed E-state index contributed by atoms with van der Waals surface area (Å²) >= 11 is 0. The highest BCUT2D eigenvalue weighted by Crippen LogP contribution is 2.45. The van der Waals surface area contributed by atoms with Gasteiger partial charge >= 0.3 is 0 Å². The first-order valence-corrected chi connectivity index (χ1v) is 42.4. The molecule has 0 bridgehead atoms. The lowest BCUT2D eigenvalue weighted by molar-refractivity contribution is 0.668. The zero-order valence-corrected chi connectivity index (χ0v) is 67.5. The Hall–Kier alpha value is -16.5. The van der Waals surface area contributed by atoms with E-state index in [0.29, 0.717) is 0 Å². The number of nitrogens with zero attached hydrogens (tertiary/aromatic N) is 4. The van der Waals surface area contributed by atoms with Gasteiger partial charge in [0.1, 0.15) is 22.3 Å². The van der Waals surface area contributed by atoms with E-state index in [4.69, 9.17) is 8.83 Å². The maximum atomic E-state index is 6.68. The summed E-state index contributed by atoms with van der Waals surface area (Å²) in [7, 11) is 0. The molecule has 0 saturated heterocycles. The van der Waals surface area contributed by atoms with E-state index in [1.807, 2.05) is 12.1 Å². The SMILES string of the molecule is c1ccc2cc(-c3ccc(-c4ccc(N(c5ccc(-c6ccc7c(c6)oc6ccc(-c8ccc(-c9ccc(-c%10ccc(N(c%11ccc(-c%12ccc(-c%13ccc%14c(c%13)oc%13ccccc%13%14)cc%12)cc%11)c%11ccc(-n%12c%13ccccc%13c%13ccccc%13%12)cc%11)cc%10)cc9)cc8)cc67)cc5)c5ccc(-n6c7ccccc7c7ccccc76)cc5)cc4)cc3)ccc2c1. The Bertz CT molecular complexity index is 8100. The number of rotatable bonds is 16. The lowest BCUT2D eigenvalue weighted by atomic mass is 9.97. The molecule has 580 valence electrons. The maximum Gasteiger partial charge on any atom is 0.136 e. The summed E-state index contributed by atoms with van der Waals surface area (Å²) in [5, 5.41) is 11.9. The molecule has 0 saturated carbocycles. The van der Waals surface area contributed by atoms with Gasteiger partial charge in [0.05, 0.1) is 22.1 Å². The topological polar surface area (TPSA) is 42.6 Å². The normalized spacial score (nSPS) is 11.7. The quantitative estimate of drug-likeness (QED) is 0.0967. The number of hydrogen-bond acceptors (Lipinski definition) is 4. The minimum atomic E-state index is 0.854. The second kappa shape index (κ2) is 29.8. The summed E-state index contributed by atoms with van der Waals surface area (Å²) in [5.41, 5.74) is 35.2. The van der Waals surface area contributed by atoms with Crippen LogP contribution >= 0.6 is 0 Å². The minimum absolute atomic E-state index is 0.854. The Morgan fingerprint density at radius 3 is 0.742 bits per heavy atom. The van der Waals surface area contributed by atoms with Gasteiger partial charge in [-0.15, -0.1) is 0 Å². The molecular weight excluding hydrogens is 1510 g/mol. The third-order valence-electron chi connectivity index (χ3n) is 25.2. The fourth-order valence-electron chi connectivity index (χ4n) is 18.8. The van der Waals surface area contributed by atoms with Crippen LogP contribution in [0, 0.1) is 0 Å². The van der Waals surface area contributed by atoms with Gasteiger partial charge in [-0.2, -0.15) is 0 Å². The zero-order valence-electron chi connectivity index (χ0n) is 67.5. The van der Waals surface area contributed by atoms with E-state index in [0.717, 1.165) is 162 Å². The summed E-state index contributed by atoms with van der Waals surface area (Å²) < 4.78 is 17.7. The predicted molar refractivity (Wildman–Crippen MR) is 520 cm³/mol. The van der Waals surface area contributed by atoms with Gasteiger partial charge in [0, 0.05) is 88.6 Å². The van der Waals surface area contributed by atoms with Crippen LogP contribution in [0.15, 0.2) is 470 Å². The molecule has 0 spiro atoms. The van der Waals surface area contributed by atoms with E-state index in [9.17, 15) is 0 Å². The third-order valence-corrected chi connectivity index (χ3v) is 25.2. The first kappa shape index (κ1) is 71.6. The fourth-order valence-corrected chi connectivity index (χ4v) is 18.8. The van der Waals surface area contributed by atoms with E-state index in [2.05, 4.69) is 468 Å². The van der Waals surface area contributed by atoms with Gasteiger partial charge < -0.3 is 27.8 Å². The van der Waals surface area contributed by atoms with Crippen LogP contribution in [0.1, 0.15) is 0 Å². The summed E-state index contributed by atoms with van der Waals surface area (Å²) in [6.45, 7) is 0. The second-order valence-electron chi connectivity index (χ2n) is 32.3. The molecule has 6 heteroatoms. The van der Waals surface area contributed by atoms with Crippen LogP contribution < -0.4 is 9.80 Å². The van der Waals surface area contributed by atoms with Crippen LogP contribution in [-0.4, -0.2) is 9.13 Å². The summed E-state index contributed by atoms with van der Waals surface area (Å²) in [6, 6.07) is 167. The van der Waals surface area contributed by atoms with Crippen molar-refractivity contribution in [3.63, 3.8) is 0 Å². The standard InChI is InChI=1S/C118H76N4O2/c1-2-14-90-73-91(42-41-77(90)13-1)86-35-29-81(30-36-86)84-45-58-97(59-46-84)120(100-64-68-102(69-65-100)122-113-22-10-5-17-105(113)106-18-6-11-23-114(106)122)98-60-49-89(50-61-98)94-52-71-109-110-74-92(53-72-116(110)124-118(109)76-94)87-37-31-79(32-38-87)78-25-27-80(28-26-78)83-43-54-95(55-44-83)119(99-62-66-101(67-63-99)121-111-20-8-3-15-103(111)104-16-4-9-21-112(104)121)96-56-47-85(48-57-96)82-33-39-88(40-34-82)93-51-70-108-107-19-7-12-24-115(107)123-117(108)75-93/h1-76H. The molecule has 0 fully saturated rings. The minimum Gasteiger partial charge on any atom is -0.456 e. The smallest absolute Gasteiger partial charge is 0.136 e. The van der Waals surface area contributed by atoms with Crippen LogP contribution in [-0.2, 0) is 0 Å². The molecule has 0 aliphatic heterocycles. The number of benzene rings is 20. The highest BCUT2D eigenvalue weighted by Gasteiger charge is 2.22. The highest BCUT2D eigenvalue weighted by molar-refractivity contribution is 6.12. The van der Waals surface area contributed by atoms with Crippen molar-refractivity contribution in [3.05, 3.63) is 461 Å². The van der Waals surface area contributed by atoms with E-state index >= 15 is 0 Å². The van der Waals surface area contributed by atoms with Crippen LogP contribution in [0.3, 0.4) is 0 Å². The maximum absolute atomic E-state index is 6.68. The van der Waals surface area contributed by atoms with Crippen molar-refractivity contribution in [2.75, 3.05) is 9.80 Å². The van der Waals surface area contributed by atoms with E-state index in [-0.39, 0.29) is 0 Å². The molecule has 24 aromatic rings. The molecule has 0 unspecified atom stereocenters. The predicted octanol–water partition coefficient (Wildman–Crippen LogP) is 33.1. The van der Waals surface area contributed by atoms with E-state index in [1.165, 1.54) is 71.1 Å². The lowest BCUT2D eigenvalue weighted by Crippen LogP contribution is -2.10. The molecule has 0 aliphatic carbocycles. The number of furan rings is 2. The molecule has 4 heterocycles. The van der Waals surface area contributed by atoms with Gasteiger partial charge in [-0.3, -0.25) is 0 Å². The Labute approximate surface area is 716 Å². The zero-order chi connectivity index (χ0) is 81.7. The molecule has 0 aliphatic rings. The number of anilines is 6. The van der Waals surface area contributed by atoms with Crippen molar-refractivity contribution in [1.29, 1.82) is 0 Å². The van der Waals surface area contributed by atoms with Crippen LogP contribution in [0.4, 0.5) is 34.1 Å². The van der Waals surface area contributed by atoms with Gasteiger partial charge in [-0.05, 0) is 270 Å². The molecule has 0 atom stereocenters. The van der Waals surface area contributed by atoms with Crippen molar-refractivity contribution in [2.24, 2.45) is 0 Å². The Kier molecular flexibility index (Phi) is 17.2. The molecule has 4 aromatic heterocycles. The number of hydrogen-bond donors (Lipinski definition) is 0. The van der Waals surface area contributed by atoms with E-state index in [1.54, 1.807) is 0 Å². The summed E-state index contributed by atoms with van der Waals surface area (Å²) in [5.74, 6) is 0. The lowest BCUT2D eigenvalue weighted by Gasteiger charge is -2.26. The fraction of sp³-hybridized carbons (Fsp3) is 0. The van der Waals surface area contributed by atoms with Crippen LogP contribution in [0.5, 0.6) is 0 Å². The van der Waals surface area contributed by atoms with Crippen molar-refractivity contribution in [1.82, 2.24) is 9.13 Å². The average Bonchev–Trinajstić information content (AvgIpc) is 1.62. The van der Waals surface area contributed by atoms with Gasteiger partial charge in [0.2, 0.25) is 0 Å². The largest absolute Gasteiger partial charge is 0.456 e. The van der Waals surface area contributed by atoms with Gasteiger partial charge in [-0.25, -0.2) is 0 Å². The van der Waals surface area contributed by atoms with Crippen molar-refractivity contribution >= 4 is 132 Å². The van der Waals surface area contributed by atoms with Crippen LogP contribution in [0.2, 0.25) is 0 Å². The average molecular weight is 1580 g/mol. The van der Waals surface area contributed by atoms with Crippen molar-refractivity contribution in [2.45, 2.75) is 0 Å². The van der Waals surface area contributed by atoms with Crippen molar-refractivity contribution in [3.8, 4) is 100 Å². The molecule has 124 heavy (non-hydrogen) atoms. The first-order chi connectivity index (χ1) is 61.4. The Morgan fingerprint density at radius 2 is 0.379 bits per heavy atom. The Balaban J connectivity index is 0.479. The van der Waals surface area contributed by atoms with Gasteiger partial charge in [0.15, 0.2) is 0 Å². The molecule has 24 rings (SSSR count). The molecular formula is C118H76N4O2.